The zero-order valence-corrected chi connectivity index (χ0v) is 14.7. The lowest BCUT2D eigenvalue weighted by Crippen LogP contribution is -2.49. The molecule has 0 atom stereocenters. The number of piperazine rings is 1. The summed E-state index contributed by atoms with van der Waals surface area (Å²) < 4.78 is 5.26. The van der Waals surface area contributed by atoms with Gasteiger partial charge in [-0.15, -0.1) is 0 Å². The van der Waals surface area contributed by atoms with E-state index in [4.69, 9.17) is 16.0 Å². The van der Waals surface area contributed by atoms with Crippen molar-refractivity contribution in [1.29, 1.82) is 0 Å². The molecule has 1 amide bonds. The second kappa shape index (κ2) is 8.32. The van der Waals surface area contributed by atoms with Gasteiger partial charge in [0.1, 0.15) is 5.76 Å². The summed E-state index contributed by atoms with van der Waals surface area (Å²) in [6, 6.07) is 10.7. The van der Waals surface area contributed by atoms with Crippen LogP contribution in [0.15, 0.2) is 47.1 Å². The summed E-state index contributed by atoms with van der Waals surface area (Å²) in [5.74, 6) is 1.05. The van der Waals surface area contributed by atoms with E-state index in [1.807, 2.05) is 17.0 Å². The molecule has 0 aliphatic carbocycles. The van der Waals surface area contributed by atoms with Gasteiger partial charge in [0.05, 0.1) is 12.8 Å². The number of carbonyl (C=O) groups excluding carboxylic acids is 2. The molecule has 1 aromatic carbocycles. The van der Waals surface area contributed by atoms with Crippen LogP contribution in [0.5, 0.6) is 0 Å². The molecule has 1 aliphatic heterocycles. The second-order valence-corrected chi connectivity index (χ2v) is 6.60. The van der Waals surface area contributed by atoms with Crippen LogP contribution in [0.3, 0.4) is 0 Å². The van der Waals surface area contributed by atoms with E-state index in [2.05, 4.69) is 4.90 Å². The Morgan fingerprint density at radius 3 is 2.40 bits per heavy atom. The van der Waals surface area contributed by atoms with E-state index in [1.54, 1.807) is 30.5 Å². The number of benzene rings is 1. The summed E-state index contributed by atoms with van der Waals surface area (Å²) in [4.78, 5) is 28.5. The fourth-order valence-electron chi connectivity index (χ4n) is 2.93. The highest BCUT2D eigenvalue weighted by molar-refractivity contribution is 6.30. The number of amides is 1. The van der Waals surface area contributed by atoms with Crippen molar-refractivity contribution < 1.29 is 14.0 Å². The summed E-state index contributed by atoms with van der Waals surface area (Å²) in [6.07, 6.45) is 2.70. The van der Waals surface area contributed by atoms with E-state index in [9.17, 15) is 9.59 Å². The summed E-state index contributed by atoms with van der Waals surface area (Å²) in [5, 5.41) is 0.623. The first-order chi connectivity index (χ1) is 12.1. The predicted octanol–water partition coefficient (Wildman–Crippen LogP) is 2.89. The highest BCUT2D eigenvalue weighted by Crippen LogP contribution is 2.12. The van der Waals surface area contributed by atoms with Crippen LogP contribution in [0.4, 0.5) is 0 Å². The van der Waals surface area contributed by atoms with Gasteiger partial charge >= 0.3 is 0 Å². The maximum Gasteiger partial charge on any atom is 0.223 e. The van der Waals surface area contributed by atoms with Gasteiger partial charge in [0, 0.05) is 49.6 Å². The highest BCUT2D eigenvalue weighted by Gasteiger charge is 2.22. The summed E-state index contributed by atoms with van der Waals surface area (Å²) in [7, 11) is 0. The summed E-state index contributed by atoms with van der Waals surface area (Å²) in [5.41, 5.74) is 0.668. The van der Waals surface area contributed by atoms with Crippen LogP contribution in [0.1, 0.15) is 22.5 Å². The minimum Gasteiger partial charge on any atom is -0.469 e. The molecular formula is C19H21ClN2O3. The van der Waals surface area contributed by atoms with Crippen molar-refractivity contribution in [3.05, 3.63) is 59.0 Å². The second-order valence-electron chi connectivity index (χ2n) is 6.17. The summed E-state index contributed by atoms with van der Waals surface area (Å²) >= 11 is 5.85. The molecule has 2 aromatic rings. The molecule has 25 heavy (non-hydrogen) atoms. The molecule has 0 radical (unpaired) electrons. The number of aryl methyl sites for hydroxylation is 1. The van der Waals surface area contributed by atoms with Gasteiger partial charge in [0.25, 0.3) is 0 Å². The molecule has 0 unspecified atom stereocenters. The Balaban J connectivity index is 1.42. The number of Topliss-reactive ketones (excluding diaryl/α,β-unsaturated/α-hetero) is 1. The SMILES string of the molecule is O=C(CN1CCN(C(=O)CCc2ccco2)CC1)c1ccc(Cl)cc1. The van der Waals surface area contributed by atoms with Crippen molar-refractivity contribution >= 4 is 23.3 Å². The Morgan fingerprint density at radius 2 is 1.76 bits per heavy atom. The Bertz CT molecular complexity index is 705. The fraction of sp³-hybridized carbons (Fsp3) is 0.368. The number of furan rings is 1. The first kappa shape index (κ1) is 17.7. The van der Waals surface area contributed by atoms with Crippen molar-refractivity contribution in [2.45, 2.75) is 12.8 Å². The van der Waals surface area contributed by atoms with Gasteiger partial charge in [-0.2, -0.15) is 0 Å². The molecular weight excluding hydrogens is 340 g/mol. The quantitative estimate of drug-likeness (QED) is 0.743. The Hall–Kier alpha value is -2.11. The third-order valence-corrected chi connectivity index (χ3v) is 4.68. The zero-order chi connectivity index (χ0) is 17.6. The molecule has 1 fully saturated rings. The predicted molar refractivity (Wildman–Crippen MR) is 95.8 cm³/mol. The lowest BCUT2D eigenvalue weighted by molar-refractivity contribution is -0.132. The smallest absolute Gasteiger partial charge is 0.223 e. The first-order valence-electron chi connectivity index (χ1n) is 8.43. The highest BCUT2D eigenvalue weighted by atomic mass is 35.5. The van der Waals surface area contributed by atoms with E-state index in [0.29, 0.717) is 56.2 Å². The molecule has 0 saturated carbocycles. The molecule has 0 N–H and O–H groups in total. The average molecular weight is 361 g/mol. The van der Waals surface area contributed by atoms with Crippen LogP contribution in [-0.2, 0) is 11.2 Å². The van der Waals surface area contributed by atoms with Crippen molar-refractivity contribution in [1.82, 2.24) is 9.80 Å². The maximum atomic E-state index is 12.3. The van der Waals surface area contributed by atoms with Crippen molar-refractivity contribution in [2.75, 3.05) is 32.7 Å². The van der Waals surface area contributed by atoms with Gasteiger partial charge in [0.15, 0.2) is 5.78 Å². The normalized spacial score (nSPS) is 15.3. The zero-order valence-electron chi connectivity index (χ0n) is 14.0. The molecule has 1 aliphatic rings. The van der Waals surface area contributed by atoms with Crippen LogP contribution in [0.25, 0.3) is 0 Å². The monoisotopic (exact) mass is 360 g/mol. The van der Waals surface area contributed by atoms with Crippen LogP contribution in [-0.4, -0.2) is 54.2 Å². The molecule has 6 heteroatoms. The first-order valence-corrected chi connectivity index (χ1v) is 8.81. The average Bonchev–Trinajstić information content (AvgIpc) is 3.14. The number of nitrogens with zero attached hydrogens (tertiary/aromatic N) is 2. The third-order valence-electron chi connectivity index (χ3n) is 4.42. The molecule has 0 bridgehead atoms. The number of hydrogen-bond donors (Lipinski definition) is 0. The topological polar surface area (TPSA) is 53.8 Å². The maximum absolute atomic E-state index is 12.3. The third kappa shape index (κ3) is 4.94. The summed E-state index contributed by atoms with van der Waals surface area (Å²) in [6.45, 7) is 3.11. The van der Waals surface area contributed by atoms with E-state index >= 15 is 0 Å². The van der Waals surface area contributed by atoms with E-state index < -0.39 is 0 Å². The number of ketones is 1. The molecule has 2 heterocycles. The number of hydrogen-bond acceptors (Lipinski definition) is 4. The number of carbonyl (C=O) groups is 2. The van der Waals surface area contributed by atoms with E-state index in [0.717, 1.165) is 5.76 Å². The Morgan fingerprint density at radius 1 is 1.04 bits per heavy atom. The van der Waals surface area contributed by atoms with Crippen molar-refractivity contribution in [3.8, 4) is 0 Å². The van der Waals surface area contributed by atoms with Gasteiger partial charge in [-0.25, -0.2) is 0 Å². The molecule has 0 spiro atoms. The van der Waals surface area contributed by atoms with Crippen LogP contribution >= 0.6 is 11.6 Å². The molecule has 5 nitrogen and oxygen atoms in total. The number of halogens is 1. The van der Waals surface area contributed by atoms with Gasteiger partial charge < -0.3 is 9.32 Å². The molecule has 3 rings (SSSR count). The minimum atomic E-state index is 0.0780. The van der Waals surface area contributed by atoms with E-state index in [-0.39, 0.29) is 11.7 Å². The standard InChI is InChI=1S/C19H21ClN2O3/c20-16-5-3-15(4-6-16)18(23)14-21-9-11-22(12-10-21)19(24)8-7-17-2-1-13-25-17/h1-6,13H,7-12,14H2. The largest absolute Gasteiger partial charge is 0.469 e. The fourth-order valence-corrected chi connectivity index (χ4v) is 3.05. The van der Waals surface area contributed by atoms with Crippen LogP contribution in [0.2, 0.25) is 5.02 Å². The minimum absolute atomic E-state index is 0.0780. The lowest BCUT2D eigenvalue weighted by atomic mass is 10.1. The van der Waals surface area contributed by atoms with E-state index in [1.165, 1.54) is 0 Å². The van der Waals surface area contributed by atoms with Crippen LogP contribution < -0.4 is 0 Å². The van der Waals surface area contributed by atoms with Gasteiger partial charge in [-0.1, -0.05) is 11.6 Å². The lowest BCUT2D eigenvalue weighted by Gasteiger charge is -2.34. The van der Waals surface area contributed by atoms with Crippen molar-refractivity contribution in [3.63, 3.8) is 0 Å². The Labute approximate surface area is 152 Å². The molecule has 1 saturated heterocycles. The molecule has 132 valence electrons. The van der Waals surface area contributed by atoms with Crippen molar-refractivity contribution in [2.24, 2.45) is 0 Å². The Kier molecular flexibility index (Phi) is 5.89. The molecule has 1 aromatic heterocycles. The van der Waals surface area contributed by atoms with Gasteiger partial charge in [0.2, 0.25) is 5.91 Å². The van der Waals surface area contributed by atoms with Gasteiger partial charge in [-0.05, 0) is 36.4 Å². The van der Waals surface area contributed by atoms with Crippen LogP contribution in [0, 0.1) is 0 Å². The van der Waals surface area contributed by atoms with Gasteiger partial charge in [-0.3, -0.25) is 14.5 Å². The number of rotatable bonds is 6.